The molecule has 3 unspecified atom stereocenters. The number of ether oxygens (including phenoxy) is 1. The summed E-state index contributed by atoms with van der Waals surface area (Å²) in [5, 5.41) is 24.1. The van der Waals surface area contributed by atoms with E-state index in [1.165, 1.54) is 4.57 Å². The summed E-state index contributed by atoms with van der Waals surface area (Å²) in [4.78, 5) is 24.2. The molecule has 0 saturated carbocycles. The first kappa shape index (κ1) is 25.4. The van der Waals surface area contributed by atoms with Crippen LogP contribution in [0.4, 0.5) is 13.2 Å². The Morgan fingerprint density at radius 1 is 1.31 bits per heavy atom. The van der Waals surface area contributed by atoms with Crippen LogP contribution in [0.5, 0.6) is 0 Å². The van der Waals surface area contributed by atoms with Gasteiger partial charge in [0.25, 0.3) is 5.91 Å². The first-order valence-corrected chi connectivity index (χ1v) is 11.0. The maximum Gasteiger partial charge on any atom is 0.420 e. The third kappa shape index (κ3) is 5.13. The lowest BCUT2D eigenvalue weighted by molar-refractivity contribution is -0.270. The number of β-amino-alcohol motifs (C(OH)–C–C–N with tert-alkyl or cyclic N) is 1. The van der Waals surface area contributed by atoms with Crippen LogP contribution in [0.25, 0.3) is 22.2 Å². The highest BCUT2D eigenvalue weighted by molar-refractivity contribution is 5.82. The number of hydrogen-bond donors (Lipinski definition) is 3. The van der Waals surface area contributed by atoms with Gasteiger partial charge in [0, 0.05) is 26.6 Å². The fraction of sp³-hybridized carbons (Fsp3) is 0.375. The summed E-state index contributed by atoms with van der Waals surface area (Å²) in [6, 6.07) is 13.6. The fourth-order valence-electron chi connectivity index (χ4n) is 3.88. The van der Waals surface area contributed by atoms with Gasteiger partial charge in [-0.2, -0.15) is 18.4 Å². The average molecular weight is 504 g/mol. The van der Waals surface area contributed by atoms with Crippen LogP contribution in [0.15, 0.2) is 51.7 Å². The van der Waals surface area contributed by atoms with Crippen LogP contribution in [0.3, 0.4) is 0 Å². The Morgan fingerprint density at radius 2 is 2.00 bits per heavy atom. The van der Waals surface area contributed by atoms with E-state index in [2.05, 4.69) is 10.6 Å². The molecule has 4 rings (SSSR count). The Labute approximate surface area is 203 Å². The molecule has 36 heavy (non-hydrogen) atoms. The van der Waals surface area contributed by atoms with Crippen molar-refractivity contribution in [2.75, 3.05) is 19.7 Å². The second-order valence-corrected chi connectivity index (χ2v) is 8.66. The third-order valence-corrected chi connectivity index (χ3v) is 6.08. The number of nitrogens with one attached hydrogen (secondary N) is 2. The molecule has 1 aliphatic heterocycles. The van der Waals surface area contributed by atoms with Crippen LogP contribution in [-0.4, -0.2) is 59.2 Å². The molecule has 9 nitrogen and oxygen atoms in total. The molecule has 3 aromatic rings. The number of oxazole rings is 1. The first-order chi connectivity index (χ1) is 17.0. The minimum Gasteiger partial charge on any atom is -0.408 e. The summed E-state index contributed by atoms with van der Waals surface area (Å²) in [7, 11) is 1.62. The monoisotopic (exact) mass is 504 g/mol. The number of aromatic nitrogens is 1. The minimum atomic E-state index is -4.92. The van der Waals surface area contributed by atoms with Crippen LogP contribution in [0, 0.1) is 11.3 Å². The Bertz CT molecular complexity index is 1360. The van der Waals surface area contributed by atoms with Crippen molar-refractivity contribution in [2.24, 2.45) is 7.05 Å². The molecule has 2 heterocycles. The van der Waals surface area contributed by atoms with Crippen LogP contribution < -0.4 is 16.4 Å². The molecule has 0 spiro atoms. The second kappa shape index (κ2) is 9.77. The number of aryl methyl sites for hydroxylation is 1. The predicted octanol–water partition coefficient (Wildman–Crippen LogP) is 1.63. The summed E-state index contributed by atoms with van der Waals surface area (Å²) in [5.41, 5.74) is 0.488. The molecule has 0 radical (unpaired) electrons. The topological polar surface area (TPSA) is 130 Å². The van der Waals surface area contributed by atoms with Gasteiger partial charge in [0.05, 0.1) is 18.2 Å². The first-order valence-electron chi connectivity index (χ1n) is 11.0. The molecular weight excluding hydrogens is 481 g/mol. The zero-order valence-corrected chi connectivity index (χ0v) is 19.1. The molecule has 0 aliphatic carbocycles. The second-order valence-electron chi connectivity index (χ2n) is 8.66. The Kier molecular flexibility index (Phi) is 6.90. The SMILES string of the molecule is Cn1c(=O)oc2ccc(-c3ccc(CC(C#N)NC(=O)C4CNCC(O)(C(F)(F)F)CO4)cc3)cc21. The quantitative estimate of drug-likeness (QED) is 0.482. The Balaban J connectivity index is 1.39. The third-order valence-electron chi connectivity index (χ3n) is 6.08. The summed E-state index contributed by atoms with van der Waals surface area (Å²) >= 11 is 0. The number of hydrogen-bond acceptors (Lipinski definition) is 7. The Hall–Kier alpha value is -3.66. The smallest absolute Gasteiger partial charge is 0.408 e. The van der Waals surface area contributed by atoms with Crippen molar-refractivity contribution in [3.63, 3.8) is 0 Å². The summed E-state index contributed by atoms with van der Waals surface area (Å²) in [6.45, 7) is -2.15. The van der Waals surface area contributed by atoms with Gasteiger partial charge < -0.3 is 24.9 Å². The van der Waals surface area contributed by atoms with E-state index in [1.54, 1.807) is 25.2 Å². The largest absolute Gasteiger partial charge is 0.420 e. The van der Waals surface area contributed by atoms with Crippen molar-refractivity contribution in [3.05, 3.63) is 58.6 Å². The van der Waals surface area contributed by atoms with E-state index in [9.17, 15) is 33.1 Å². The summed E-state index contributed by atoms with van der Waals surface area (Å²) < 4.78 is 50.7. The fourth-order valence-corrected chi connectivity index (χ4v) is 3.88. The number of halogens is 3. The number of carbonyl (C=O) groups is 1. The molecular formula is C24H23F3N4O5. The van der Waals surface area contributed by atoms with Crippen molar-refractivity contribution in [1.29, 1.82) is 5.26 Å². The van der Waals surface area contributed by atoms with E-state index in [-0.39, 0.29) is 13.0 Å². The maximum atomic E-state index is 13.0. The van der Waals surface area contributed by atoms with E-state index >= 15 is 0 Å². The number of alkyl halides is 3. The van der Waals surface area contributed by atoms with E-state index in [0.717, 1.165) is 16.7 Å². The average Bonchev–Trinajstić information content (AvgIpc) is 2.99. The normalized spacial score (nSPS) is 21.5. The lowest BCUT2D eigenvalue weighted by Crippen LogP contribution is -2.54. The molecule has 1 amide bonds. The van der Waals surface area contributed by atoms with E-state index < -0.39 is 48.7 Å². The molecule has 190 valence electrons. The van der Waals surface area contributed by atoms with Gasteiger partial charge >= 0.3 is 11.9 Å². The highest BCUT2D eigenvalue weighted by Crippen LogP contribution is 2.31. The van der Waals surface area contributed by atoms with Crippen molar-refractivity contribution in [1.82, 2.24) is 15.2 Å². The molecule has 1 aliphatic rings. The number of fused-ring (bicyclic) bond motifs is 1. The predicted molar refractivity (Wildman–Crippen MR) is 122 cm³/mol. The van der Waals surface area contributed by atoms with Gasteiger partial charge in [-0.15, -0.1) is 0 Å². The van der Waals surface area contributed by atoms with E-state index in [0.29, 0.717) is 11.1 Å². The van der Waals surface area contributed by atoms with Crippen LogP contribution in [0.2, 0.25) is 0 Å². The van der Waals surface area contributed by atoms with Gasteiger partial charge in [0.2, 0.25) is 0 Å². The minimum absolute atomic E-state index is 0.157. The molecule has 1 aromatic heterocycles. The van der Waals surface area contributed by atoms with E-state index in [4.69, 9.17) is 9.15 Å². The molecule has 12 heteroatoms. The number of nitrogens with zero attached hydrogens (tertiary/aromatic N) is 2. The zero-order valence-electron chi connectivity index (χ0n) is 19.1. The van der Waals surface area contributed by atoms with Crippen LogP contribution >= 0.6 is 0 Å². The van der Waals surface area contributed by atoms with Gasteiger partial charge in [0.15, 0.2) is 11.2 Å². The lowest BCUT2D eigenvalue weighted by atomic mass is 10.0. The summed E-state index contributed by atoms with van der Waals surface area (Å²) in [5.74, 6) is -1.21. The number of aliphatic hydroxyl groups is 1. The van der Waals surface area contributed by atoms with E-state index in [1.807, 2.05) is 30.3 Å². The number of amides is 1. The molecule has 3 N–H and O–H groups in total. The summed E-state index contributed by atoms with van der Waals surface area (Å²) in [6.07, 6.45) is -6.06. The zero-order chi connectivity index (χ0) is 26.1. The van der Waals surface area contributed by atoms with Crippen LogP contribution in [-0.2, 0) is 23.0 Å². The van der Waals surface area contributed by atoms with Gasteiger partial charge in [-0.25, -0.2) is 4.79 Å². The maximum absolute atomic E-state index is 13.0. The highest BCUT2D eigenvalue weighted by Gasteiger charge is 2.55. The van der Waals surface area contributed by atoms with Crippen molar-refractivity contribution in [2.45, 2.75) is 30.3 Å². The number of nitriles is 1. The molecule has 0 bridgehead atoms. The standard InChI is InChI=1S/C24H23F3N4O5/c1-31-18-9-16(6-7-19(18)36-22(31)33)15-4-2-14(3-5-15)8-17(10-28)30-21(32)20-11-29-12-23(34,13-35-20)24(25,26)27/h2-7,9,17,20,29,34H,8,11-13H2,1H3,(H,30,32). The lowest BCUT2D eigenvalue weighted by Gasteiger charge is -2.28. The number of benzene rings is 2. The molecule has 2 aromatic carbocycles. The van der Waals surface area contributed by atoms with Gasteiger partial charge in [-0.05, 0) is 28.8 Å². The van der Waals surface area contributed by atoms with Gasteiger partial charge in [0.1, 0.15) is 12.1 Å². The van der Waals surface area contributed by atoms with Gasteiger partial charge in [-0.1, -0.05) is 30.3 Å². The van der Waals surface area contributed by atoms with Crippen molar-refractivity contribution >= 4 is 17.0 Å². The Morgan fingerprint density at radius 3 is 2.67 bits per heavy atom. The van der Waals surface area contributed by atoms with Gasteiger partial charge in [-0.3, -0.25) is 9.36 Å². The van der Waals surface area contributed by atoms with Crippen molar-refractivity contribution in [3.8, 4) is 17.2 Å². The highest BCUT2D eigenvalue weighted by atomic mass is 19.4. The number of rotatable bonds is 5. The van der Waals surface area contributed by atoms with Crippen LogP contribution in [0.1, 0.15) is 5.56 Å². The molecule has 1 fully saturated rings. The molecule has 3 atom stereocenters. The molecule has 1 saturated heterocycles. The number of carbonyl (C=O) groups excluding carboxylic acids is 1. The van der Waals surface area contributed by atoms with Crippen molar-refractivity contribution < 1.29 is 32.2 Å².